The third-order valence-corrected chi connectivity index (χ3v) is 5.69. The molecular weight excluding hydrogens is 340 g/mol. The smallest absolute Gasteiger partial charge is 0.265 e. The molecule has 0 unspecified atom stereocenters. The van der Waals surface area contributed by atoms with Crippen molar-refractivity contribution in [2.75, 3.05) is 23.8 Å². The van der Waals surface area contributed by atoms with E-state index in [4.69, 9.17) is 4.74 Å². The third kappa shape index (κ3) is 3.32. The summed E-state index contributed by atoms with van der Waals surface area (Å²) in [4.78, 5) is 13.5. The number of carbonyl (C=O) groups is 1. The highest BCUT2D eigenvalue weighted by Gasteiger charge is 2.23. The highest BCUT2D eigenvalue weighted by atomic mass is 32.2. The Morgan fingerprint density at radius 2 is 1.88 bits per heavy atom. The number of rotatable bonds is 4. The zero-order chi connectivity index (χ0) is 18.2. The number of sulfonamides is 1. The van der Waals surface area contributed by atoms with Gasteiger partial charge in [0.15, 0.2) is 0 Å². The molecule has 1 heterocycles. The van der Waals surface area contributed by atoms with Crippen LogP contribution in [0.25, 0.3) is 0 Å². The van der Waals surface area contributed by atoms with Crippen molar-refractivity contribution in [2.45, 2.75) is 24.7 Å². The maximum Gasteiger partial charge on any atom is 0.265 e. The number of benzene rings is 2. The number of ether oxygens (including phenoxy) is 1. The maximum absolute atomic E-state index is 12.8. The summed E-state index contributed by atoms with van der Waals surface area (Å²) < 4.78 is 33.3. The molecule has 7 heteroatoms. The van der Waals surface area contributed by atoms with Crippen molar-refractivity contribution in [3.8, 4) is 5.75 Å². The summed E-state index contributed by atoms with van der Waals surface area (Å²) in [6.07, 6.45) is 1.02. The summed E-state index contributed by atoms with van der Waals surface area (Å²) in [5.74, 6) is 0.353. The molecule has 3 rings (SSSR count). The van der Waals surface area contributed by atoms with Gasteiger partial charge in [0.25, 0.3) is 10.0 Å². The van der Waals surface area contributed by atoms with E-state index in [2.05, 4.69) is 4.72 Å². The molecule has 25 heavy (non-hydrogen) atoms. The first-order valence-electron chi connectivity index (χ1n) is 7.89. The van der Waals surface area contributed by atoms with Crippen molar-refractivity contribution in [1.82, 2.24) is 0 Å². The Labute approximate surface area is 147 Å². The Kier molecular flexibility index (Phi) is 4.43. The lowest BCUT2D eigenvalue weighted by molar-refractivity contribution is -0.118. The molecule has 6 nitrogen and oxygen atoms in total. The fourth-order valence-corrected chi connectivity index (χ4v) is 4.23. The monoisotopic (exact) mass is 360 g/mol. The van der Waals surface area contributed by atoms with Crippen LogP contribution in [0, 0.1) is 6.92 Å². The average molecular weight is 360 g/mol. The summed E-state index contributed by atoms with van der Waals surface area (Å²) in [7, 11) is -0.621. The predicted octanol–water partition coefficient (Wildman–Crippen LogP) is 2.71. The number of amides is 1. The molecule has 1 amide bonds. The second-order valence-corrected chi connectivity index (χ2v) is 7.71. The fourth-order valence-electron chi connectivity index (χ4n) is 2.92. The summed E-state index contributed by atoms with van der Waals surface area (Å²) >= 11 is 0. The van der Waals surface area contributed by atoms with Gasteiger partial charge >= 0.3 is 0 Å². The lowest BCUT2D eigenvalue weighted by atomic mass is 10.0. The largest absolute Gasteiger partial charge is 0.495 e. The molecule has 0 aromatic heterocycles. The number of hydrogen-bond acceptors (Lipinski definition) is 4. The van der Waals surface area contributed by atoms with Crippen molar-refractivity contribution in [3.63, 3.8) is 0 Å². The van der Waals surface area contributed by atoms with Gasteiger partial charge < -0.3 is 9.64 Å². The SMILES string of the molecule is COc1ccc(C)cc1S(=O)(=O)Nc1ccc2c(c1)CCC(=O)N2C. The Balaban J connectivity index is 1.95. The Bertz CT molecular complexity index is 938. The van der Waals surface area contributed by atoms with Gasteiger partial charge in [0.2, 0.25) is 5.91 Å². The number of aryl methyl sites for hydroxylation is 2. The number of fused-ring (bicyclic) bond motifs is 1. The number of hydrogen-bond donors (Lipinski definition) is 1. The highest BCUT2D eigenvalue weighted by molar-refractivity contribution is 7.92. The van der Waals surface area contributed by atoms with E-state index in [1.54, 1.807) is 48.3 Å². The molecule has 0 atom stereocenters. The zero-order valence-corrected chi connectivity index (χ0v) is 15.2. The Hall–Kier alpha value is -2.54. The number of nitrogens with one attached hydrogen (secondary N) is 1. The van der Waals surface area contributed by atoms with E-state index in [9.17, 15) is 13.2 Å². The number of anilines is 2. The quantitative estimate of drug-likeness (QED) is 0.910. The fraction of sp³-hybridized carbons (Fsp3) is 0.278. The maximum atomic E-state index is 12.8. The normalized spacial score (nSPS) is 14.2. The number of nitrogens with zero attached hydrogens (tertiary/aromatic N) is 1. The van der Waals surface area contributed by atoms with Crippen molar-refractivity contribution in [3.05, 3.63) is 47.5 Å². The molecule has 0 fully saturated rings. The highest BCUT2D eigenvalue weighted by Crippen LogP contribution is 2.31. The van der Waals surface area contributed by atoms with Crippen molar-refractivity contribution in [2.24, 2.45) is 0 Å². The van der Waals surface area contributed by atoms with Crippen LogP contribution in [0.4, 0.5) is 11.4 Å². The Morgan fingerprint density at radius 1 is 1.12 bits per heavy atom. The third-order valence-electron chi connectivity index (χ3n) is 4.28. The topological polar surface area (TPSA) is 75.7 Å². The van der Waals surface area contributed by atoms with Crippen LogP contribution >= 0.6 is 0 Å². The van der Waals surface area contributed by atoms with E-state index >= 15 is 0 Å². The minimum Gasteiger partial charge on any atom is -0.495 e. The first-order valence-corrected chi connectivity index (χ1v) is 9.37. The van der Waals surface area contributed by atoms with E-state index in [0.29, 0.717) is 24.3 Å². The minimum absolute atomic E-state index is 0.0605. The van der Waals surface area contributed by atoms with Gasteiger partial charge in [-0.1, -0.05) is 6.07 Å². The van der Waals surface area contributed by atoms with Crippen molar-refractivity contribution in [1.29, 1.82) is 0 Å². The Morgan fingerprint density at radius 3 is 2.60 bits per heavy atom. The van der Waals surface area contributed by atoms with Gasteiger partial charge in [-0.2, -0.15) is 0 Å². The van der Waals surface area contributed by atoms with Gasteiger partial charge in [0.05, 0.1) is 7.11 Å². The first-order chi connectivity index (χ1) is 11.8. The summed E-state index contributed by atoms with van der Waals surface area (Å²) in [5.41, 5.74) is 3.04. The molecule has 2 aromatic carbocycles. The molecule has 0 saturated heterocycles. The van der Waals surface area contributed by atoms with E-state index in [1.807, 2.05) is 6.92 Å². The van der Waals surface area contributed by atoms with E-state index in [1.165, 1.54) is 7.11 Å². The molecule has 0 saturated carbocycles. The second-order valence-electron chi connectivity index (χ2n) is 6.06. The van der Waals surface area contributed by atoms with Gasteiger partial charge in [-0.25, -0.2) is 8.42 Å². The standard InChI is InChI=1S/C18H20N2O4S/c1-12-4-8-16(24-3)17(10-12)25(22,23)19-14-6-7-15-13(11-14)5-9-18(21)20(15)2/h4,6-8,10-11,19H,5,9H2,1-3H3. The summed E-state index contributed by atoms with van der Waals surface area (Å²) in [5, 5.41) is 0. The van der Waals surface area contributed by atoms with Crippen LogP contribution in [0.2, 0.25) is 0 Å². The number of methoxy groups -OCH3 is 1. The molecule has 132 valence electrons. The molecular formula is C18H20N2O4S. The molecule has 0 spiro atoms. The second kappa shape index (κ2) is 6.40. The molecule has 0 bridgehead atoms. The van der Waals surface area contributed by atoms with Crippen LogP contribution < -0.4 is 14.4 Å². The van der Waals surface area contributed by atoms with Crippen molar-refractivity contribution >= 4 is 27.3 Å². The lowest BCUT2D eigenvalue weighted by Crippen LogP contribution is -2.31. The van der Waals surface area contributed by atoms with Gasteiger partial charge in [-0.15, -0.1) is 0 Å². The van der Waals surface area contributed by atoms with E-state index in [0.717, 1.165) is 16.8 Å². The molecule has 1 aliphatic rings. The van der Waals surface area contributed by atoms with E-state index < -0.39 is 10.0 Å². The van der Waals surface area contributed by atoms with Crippen LogP contribution in [-0.4, -0.2) is 28.5 Å². The van der Waals surface area contributed by atoms with Gasteiger partial charge in [-0.3, -0.25) is 9.52 Å². The minimum atomic E-state index is -3.78. The van der Waals surface area contributed by atoms with Crippen LogP contribution in [0.5, 0.6) is 5.75 Å². The average Bonchev–Trinajstić information content (AvgIpc) is 2.58. The molecule has 2 aromatic rings. The molecule has 1 N–H and O–H groups in total. The van der Waals surface area contributed by atoms with Gasteiger partial charge in [-0.05, 0) is 54.8 Å². The summed E-state index contributed by atoms with van der Waals surface area (Å²) in [6, 6.07) is 10.2. The molecule has 0 aliphatic carbocycles. The lowest BCUT2D eigenvalue weighted by Gasteiger charge is -2.26. The van der Waals surface area contributed by atoms with Crippen LogP contribution in [0.15, 0.2) is 41.3 Å². The molecule has 0 radical (unpaired) electrons. The van der Waals surface area contributed by atoms with Gasteiger partial charge in [0.1, 0.15) is 10.6 Å². The van der Waals surface area contributed by atoms with Crippen LogP contribution in [0.1, 0.15) is 17.5 Å². The van der Waals surface area contributed by atoms with Crippen LogP contribution in [-0.2, 0) is 21.2 Å². The van der Waals surface area contributed by atoms with Crippen molar-refractivity contribution < 1.29 is 17.9 Å². The molecule has 1 aliphatic heterocycles. The number of carbonyl (C=O) groups excluding carboxylic acids is 1. The zero-order valence-electron chi connectivity index (χ0n) is 14.4. The van der Waals surface area contributed by atoms with Gasteiger partial charge in [0, 0.05) is 24.8 Å². The summed E-state index contributed by atoms with van der Waals surface area (Å²) in [6.45, 7) is 1.82. The van der Waals surface area contributed by atoms with E-state index in [-0.39, 0.29) is 10.8 Å². The van der Waals surface area contributed by atoms with Crippen LogP contribution in [0.3, 0.4) is 0 Å². The first kappa shape index (κ1) is 17.3. The predicted molar refractivity (Wildman–Crippen MR) is 96.7 cm³/mol.